The Hall–Kier alpha value is -0.930. The summed E-state index contributed by atoms with van der Waals surface area (Å²) >= 11 is 0. The van der Waals surface area contributed by atoms with E-state index < -0.39 is 18.7 Å². The van der Waals surface area contributed by atoms with Crippen LogP contribution in [-0.2, 0) is 9.53 Å². The Balaban J connectivity index is 2.27. The molecule has 0 heterocycles. The van der Waals surface area contributed by atoms with Crippen molar-refractivity contribution >= 4 is 11.7 Å². The number of hydrogen-bond acceptors (Lipinski definition) is 3. The van der Waals surface area contributed by atoms with E-state index in [-0.39, 0.29) is 17.3 Å². The molecule has 2 unspecified atom stereocenters. The number of aliphatic imine (C=N–C) groups is 1. The summed E-state index contributed by atoms with van der Waals surface area (Å²) in [6, 6.07) is -0.669. The van der Waals surface area contributed by atoms with Gasteiger partial charge in [0.05, 0.1) is 13.8 Å². The fraction of sp³-hybridized carbons (Fsp3) is 0.867. The van der Waals surface area contributed by atoms with Gasteiger partial charge in [-0.05, 0) is 30.6 Å². The number of esters is 1. The number of rotatable bonds is 4. The molecule has 0 aromatic rings. The van der Waals surface area contributed by atoms with Gasteiger partial charge in [0.2, 0.25) is 0 Å². The van der Waals surface area contributed by atoms with Crippen LogP contribution in [0.4, 0.5) is 4.39 Å². The van der Waals surface area contributed by atoms with Gasteiger partial charge in [-0.25, -0.2) is 4.79 Å². The molecular formula is C15H24FNO2. The Kier molecular flexibility index (Phi) is 3.72. The SMILES string of the molecule is COC(=O)[C@@H](CCF)N=C1CC2CCC1(C)C2(C)C. The summed E-state index contributed by atoms with van der Waals surface area (Å²) in [7, 11) is 1.33. The number of halogens is 1. The standard InChI is InChI=1S/C15H24FNO2/c1-14(2)10-5-7-15(14,3)12(9-10)17-11(6-8-16)13(18)19-4/h10-11H,5-9H2,1-4H3/t10?,11-,15?/m1/s1. The number of alkyl halides is 1. The molecule has 0 saturated heterocycles. The highest BCUT2D eigenvalue weighted by molar-refractivity contribution is 5.96. The van der Waals surface area contributed by atoms with Crippen LogP contribution in [0.2, 0.25) is 0 Å². The van der Waals surface area contributed by atoms with Crippen molar-refractivity contribution in [2.24, 2.45) is 21.7 Å². The highest BCUT2D eigenvalue weighted by atomic mass is 19.1. The van der Waals surface area contributed by atoms with E-state index in [1.165, 1.54) is 13.5 Å². The van der Waals surface area contributed by atoms with Crippen LogP contribution >= 0.6 is 0 Å². The van der Waals surface area contributed by atoms with E-state index in [1.54, 1.807) is 0 Å². The Morgan fingerprint density at radius 1 is 1.53 bits per heavy atom. The van der Waals surface area contributed by atoms with Crippen LogP contribution in [0.1, 0.15) is 46.5 Å². The summed E-state index contributed by atoms with van der Waals surface area (Å²) in [4.78, 5) is 16.3. The van der Waals surface area contributed by atoms with Gasteiger partial charge in [0.25, 0.3) is 0 Å². The topological polar surface area (TPSA) is 38.7 Å². The van der Waals surface area contributed by atoms with Crippen molar-refractivity contribution in [1.29, 1.82) is 0 Å². The van der Waals surface area contributed by atoms with E-state index >= 15 is 0 Å². The van der Waals surface area contributed by atoms with Gasteiger partial charge in [-0.2, -0.15) is 0 Å². The minimum absolute atomic E-state index is 0.0558. The first-order chi connectivity index (χ1) is 8.86. The minimum atomic E-state index is -0.669. The maximum absolute atomic E-state index is 12.6. The average molecular weight is 269 g/mol. The lowest BCUT2D eigenvalue weighted by Gasteiger charge is -2.35. The van der Waals surface area contributed by atoms with Gasteiger partial charge < -0.3 is 4.74 Å². The van der Waals surface area contributed by atoms with Gasteiger partial charge in [-0.3, -0.25) is 9.38 Å². The van der Waals surface area contributed by atoms with E-state index in [0.717, 1.165) is 18.6 Å². The van der Waals surface area contributed by atoms with E-state index in [1.807, 2.05) is 0 Å². The zero-order valence-corrected chi connectivity index (χ0v) is 12.3. The third-order valence-corrected chi connectivity index (χ3v) is 5.68. The zero-order valence-electron chi connectivity index (χ0n) is 12.3. The molecule has 108 valence electrons. The van der Waals surface area contributed by atoms with Gasteiger partial charge in [-0.15, -0.1) is 0 Å². The van der Waals surface area contributed by atoms with E-state index in [4.69, 9.17) is 4.74 Å². The normalized spacial score (nSPS) is 35.6. The lowest BCUT2D eigenvalue weighted by molar-refractivity contribution is -0.142. The molecular weight excluding hydrogens is 245 g/mol. The monoisotopic (exact) mass is 269 g/mol. The number of hydrogen-bond donors (Lipinski definition) is 0. The van der Waals surface area contributed by atoms with Crippen LogP contribution in [-0.4, -0.2) is 31.5 Å². The number of carbonyl (C=O) groups excluding carboxylic acids is 1. The lowest BCUT2D eigenvalue weighted by atomic mass is 9.70. The summed E-state index contributed by atoms with van der Waals surface area (Å²) in [5.74, 6) is 0.217. The molecule has 2 rings (SSSR count). The number of fused-ring (bicyclic) bond motifs is 2. The van der Waals surface area contributed by atoms with Crippen LogP contribution < -0.4 is 0 Å². The Labute approximate surface area is 114 Å². The fourth-order valence-electron chi connectivity index (χ4n) is 3.79. The third kappa shape index (κ3) is 2.09. The summed E-state index contributed by atoms with van der Waals surface area (Å²) in [5, 5.41) is 0. The summed E-state index contributed by atoms with van der Waals surface area (Å²) in [6.07, 6.45) is 3.42. The predicted molar refractivity (Wildman–Crippen MR) is 73.1 cm³/mol. The van der Waals surface area contributed by atoms with Crippen molar-refractivity contribution < 1.29 is 13.9 Å². The molecule has 0 amide bonds. The first-order valence-corrected chi connectivity index (χ1v) is 7.07. The number of ether oxygens (including phenoxy) is 1. The molecule has 3 nitrogen and oxygen atoms in total. The summed E-state index contributed by atoms with van der Waals surface area (Å²) in [6.45, 7) is 6.27. The molecule has 2 bridgehead atoms. The quantitative estimate of drug-likeness (QED) is 0.735. The van der Waals surface area contributed by atoms with Gasteiger partial charge in [-0.1, -0.05) is 20.8 Å². The van der Waals surface area contributed by atoms with Crippen molar-refractivity contribution in [2.45, 2.75) is 52.5 Å². The molecule has 3 atom stereocenters. The van der Waals surface area contributed by atoms with E-state index in [0.29, 0.717) is 5.92 Å². The predicted octanol–water partition coefficient (Wildman–Crippen LogP) is 3.17. The largest absolute Gasteiger partial charge is 0.467 e. The fourth-order valence-corrected chi connectivity index (χ4v) is 3.79. The molecule has 4 heteroatoms. The minimum Gasteiger partial charge on any atom is -0.467 e. The van der Waals surface area contributed by atoms with E-state index in [2.05, 4.69) is 25.8 Å². The molecule has 2 aliphatic rings. The number of methoxy groups -OCH3 is 1. The Morgan fingerprint density at radius 3 is 2.63 bits per heavy atom. The maximum atomic E-state index is 12.6. The molecule has 0 aliphatic heterocycles. The van der Waals surface area contributed by atoms with Crippen LogP contribution in [0.25, 0.3) is 0 Å². The second-order valence-electron chi connectivity index (χ2n) is 6.59. The van der Waals surface area contributed by atoms with Crippen LogP contribution in [0.5, 0.6) is 0 Å². The first-order valence-electron chi connectivity index (χ1n) is 7.07. The number of carbonyl (C=O) groups is 1. The highest BCUT2D eigenvalue weighted by Gasteiger charge is 2.59. The molecule has 0 aromatic carbocycles. The summed E-state index contributed by atoms with van der Waals surface area (Å²) in [5.41, 5.74) is 1.38. The third-order valence-electron chi connectivity index (χ3n) is 5.68. The van der Waals surface area contributed by atoms with Crippen molar-refractivity contribution in [2.75, 3.05) is 13.8 Å². The molecule has 2 aliphatic carbocycles. The van der Waals surface area contributed by atoms with E-state index in [9.17, 15) is 9.18 Å². The molecule has 2 saturated carbocycles. The second-order valence-corrected chi connectivity index (χ2v) is 6.59. The van der Waals surface area contributed by atoms with Crippen LogP contribution in [0, 0.1) is 16.7 Å². The molecule has 2 fully saturated rings. The summed E-state index contributed by atoms with van der Waals surface area (Å²) < 4.78 is 17.3. The van der Waals surface area contributed by atoms with Crippen LogP contribution in [0.15, 0.2) is 4.99 Å². The maximum Gasteiger partial charge on any atom is 0.330 e. The van der Waals surface area contributed by atoms with Gasteiger partial charge >= 0.3 is 5.97 Å². The molecule has 0 aromatic heterocycles. The average Bonchev–Trinajstić information content (AvgIpc) is 2.70. The molecule has 0 radical (unpaired) electrons. The second kappa shape index (κ2) is 4.88. The van der Waals surface area contributed by atoms with Crippen molar-refractivity contribution in [3.8, 4) is 0 Å². The smallest absolute Gasteiger partial charge is 0.330 e. The van der Waals surface area contributed by atoms with Crippen molar-refractivity contribution in [1.82, 2.24) is 0 Å². The van der Waals surface area contributed by atoms with Crippen molar-refractivity contribution in [3.63, 3.8) is 0 Å². The Bertz CT molecular complexity index is 405. The molecule has 0 spiro atoms. The zero-order chi connectivity index (χ0) is 14.3. The molecule has 0 N–H and O–H groups in total. The lowest BCUT2D eigenvalue weighted by Crippen LogP contribution is -2.34. The van der Waals surface area contributed by atoms with Gasteiger partial charge in [0, 0.05) is 17.5 Å². The first kappa shape index (κ1) is 14.5. The number of nitrogens with zero attached hydrogens (tertiary/aromatic N) is 1. The Morgan fingerprint density at radius 2 is 2.21 bits per heavy atom. The van der Waals surface area contributed by atoms with Crippen LogP contribution in [0.3, 0.4) is 0 Å². The van der Waals surface area contributed by atoms with Gasteiger partial charge in [0.1, 0.15) is 6.04 Å². The molecule has 19 heavy (non-hydrogen) atoms. The van der Waals surface area contributed by atoms with Gasteiger partial charge in [0.15, 0.2) is 0 Å². The highest BCUT2D eigenvalue weighted by Crippen LogP contribution is 2.64. The van der Waals surface area contributed by atoms with Crippen molar-refractivity contribution in [3.05, 3.63) is 0 Å².